The molecule has 16 heavy (non-hydrogen) atoms. The van der Waals surface area contributed by atoms with E-state index in [1.54, 1.807) is 6.08 Å². The first-order valence-corrected chi connectivity index (χ1v) is 5.26. The van der Waals surface area contributed by atoms with Gasteiger partial charge < -0.3 is 4.74 Å². The molecule has 0 amide bonds. The van der Waals surface area contributed by atoms with Crippen LogP contribution in [0, 0.1) is 10.1 Å². The summed E-state index contributed by atoms with van der Waals surface area (Å²) in [6, 6.07) is -0.911. The van der Waals surface area contributed by atoms with Gasteiger partial charge in [0.25, 0.3) is 6.04 Å². The van der Waals surface area contributed by atoms with Crippen LogP contribution in [-0.4, -0.2) is 42.1 Å². The molecule has 0 saturated carbocycles. The fourth-order valence-electron chi connectivity index (χ4n) is 1.73. The third kappa shape index (κ3) is 2.52. The van der Waals surface area contributed by atoms with Crippen LogP contribution in [-0.2, 0) is 4.74 Å². The normalized spacial score (nSPS) is 31.1. The average Bonchev–Trinajstić information content (AvgIpc) is 2.79. The molecule has 1 fully saturated rings. The van der Waals surface area contributed by atoms with Crippen molar-refractivity contribution in [1.82, 2.24) is 0 Å². The van der Waals surface area contributed by atoms with Crippen molar-refractivity contribution in [2.75, 3.05) is 13.2 Å². The molecule has 0 aromatic heterocycles. The fourth-order valence-corrected chi connectivity index (χ4v) is 1.73. The van der Waals surface area contributed by atoms with Gasteiger partial charge in [0.1, 0.15) is 5.71 Å². The number of nitro groups is 1. The van der Waals surface area contributed by atoms with E-state index in [0.717, 1.165) is 19.4 Å². The van der Waals surface area contributed by atoms with Gasteiger partial charge in [0.2, 0.25) is 0 Å². The summed E-state index contributed by atoms with van der Waals surface area (Å²) in [4.78, 5) is 18.3. The third-order valence-electron chi connectivity index (χ3n) is 2.59. The minimum atomic E-state index is -0.911. The summed E-state index contributed by atoms with van der Waals surface area (Å²) in [5.74, 6) is 0. The van der Waals surface area contributed by atoms with Gasteiger partial charge in [-0.2, -0.15) is 0 Å². The Kier molecular flexibility index (Phi) is 3.40. The van der Waals surface area contributed by atoms with Crippen LogP contribution >= 0.6 is 0 Å². The summed E-state index contributed by atoms with van der Waals surface area (Å²) >= 11 is 0. The maximum absolute atomic E-state index is 10.7. The zero-order chi connectivity index (χ0) is 11.4. The summed E-state index contributed by atoms with van der Waals surface area (Å²) in [6.45, 7) is 1.27. The molecule has 2 unspecified atom stereocenters. The van der Waals surface area contributed by atoms with Crippen LogP contribution in [0.2, 0.25) is 0 Å². The minimum Gasteiger partial charge on any atom is -0.376 e. The summed E-state index contributed by atoms with van der Waals surface area (Å²) < 4.78 is 5.41. The van der Waals surface area contributed by atoms with E-state index in [0.29, 0.717) is 12.3 Å². The molecule has 2 heterocycles. The predicted molar refractivity (Wildman–Crippen MR) is 59.7 cm³/mol. The zero-order valence-electron chi connectivity index (χ0n) is 8.78. The van der Waals surface area contributed by atoms with E-state index >= 15 is 0 Å². The van der Waals surface area contributed by atoms with Crippen molar-refractivity contribution in [2.24, 2.45) is 9.98 Å². The largest absolute Gasteiger partial charge is 0.376 e. The van der Waals surface area contributed by atoms with Crippen LogP contribution in [0.1, 0.15) is 12.8 Å². The Morgan fingerprint density at radius 1 is 1.69 bits per heavy atom. The minimum absolute atomic E-state index is 0.118. The van der Waals surface area contributed by atoms with Crippen molar-refractivity contribution >= 4 is 11.9 Å². The van der Waals surface area contributed by atoms with Crippen LogP contribution in [0.5, 0.6) is 0 Å². The highest BCUT2D eigenvalue weighted by atomic mass is 16.6. The molecule has 86 valence electrons. The highest BCUT2D eigenvalue weighted by molar-refractivity contribution is 6.09. The van der Waals surface area contributed by atoms with Crippen LogP contribution in [0.4, 0.5) is 0 Å². The van der Waals surface area contributed by atoms with Gasteiger partial charge in [0.05, 0.1) is 18.9 Å². The first-order valence-electron chi connectivity index (χ1n) is 5.26. The third-order valence-corrected chi connectivity index (χ3v) is 2.59. The Morgan fingerprint density at radius 2 is 2.56 bits per heavy atom. The Balaban J connectivity index is 2.00. The topological polar surface area (TPSA) is 77.1 Å². The molecule has 0 aromatic carbocycles. The number of hydrogen-bond acceptors (Lipinski definition) is 5. The number of hydrogen-bond donors (Lipinski definition) is 0. The van der Waals surface area contributed by atoms with E-state index in [1.807, 2.05) is 0 Å². The van der Waals surface area contributed by atoms with Gasteiger partial charge in [-0.3, -0.25) is 20.1 Å². The van der Waals surface area contributed by atoms with Gasteiger partial charge in [-0.15, -0.1) is 0 Å². The summed E-state index contributed by atoms with van der Waals surface area (Å²) in [5.41, 5.74) is 0.454. The smallest absolute Gasteiger partial charge is 0.289 e. The van der Waals surface area contributed by atoms with Crippen LogP contribution in [0.25, 0.3) is 0 Å². The molecule has 0 spiro atoms. The molecule has 6 heteroatoms. The maximum Gasteiger partial charge on any atom is 0.289 e. The van der Waals surface area contributed by atoms with Crippen LogP contribution < -0.4 is 0 Å². The monoisotopic (exact) mass is 223 g/mol. The fraction of sp³-hybridized carbons (Fsp3) is 0.600. The van der Waals surface area contributed by atoms with Crippen molar-refractivity contribution in [3.8, 4) is 0 Å². The Labute approximate surface area is 92.9 Å². The van der Waals surface area contributed by atoms with Crippen LogP contribution in [0.15, 0.2) is 22.3 Å². The first kappa shape index (κ1) is 10.9. The molecule has 0 aliphatic carbocycles. The second-order valence-electron chi connectivity index (χ2n) is 3.74. The standard InChI is InChI=1S/C10H13N3O3/c14-13(15)10-7-11-4-3-9(10)12-6-8-2-1-5-16-8/h3-4,7-8,10H,1-2,5-6H2. The van der Waals surface area contributed by atoms with E-state index in [1.165, 1.54) is 12.4 Å². The molecule has 0 N–H and O–H groups in total. The molecular weight excluding hydrogens is 210 g/mol. The summed E-state index contributed by atoms with van der Waals surface area (Å²) in [6.07, 6.45) is 6.56. The molecule has 0 radical (unpaired) electrons. The van der Waals surface area contributed by atoms with Crippen molar-refractivity contribution in [3.05, 3.63) is 22.4 Å². The zero-order valence-corrected chi connectivity index (χ0v) is 8.78. The van der Waals surface area contributed by atoms with Crippen molar-refractivity contribution in [3.63, 3.8) is 0 Å². The molecule has 0 bridgehead atoms. The lowest BCUT2D eigenvalue weighted by Gasteiger charge is -2.09. The van der Waals surface area contributed by atoms with Gasteiger partial charge in [-0.1, -0.05) is 0 Å². The first-order chi connectivity index (χ1) is 7.77. The molecule has 2 aliphatic heterocycles. The quantitative estimate of drug-likeness (QED) is 0.525. The van der Waals surface area contributed by atoms with Gasteiger partial charge in [-0.05, 0) is 18.9 Å². The average molecular weight is 223 g/mol. The number of ether oxygens (including phenoxy) is 1. The molecule has 2 atom stereocenters. The van der Waals surface area contributed by atoms with E-state index in [9.17, 15) is 10.1 Å². The lowest BCUT2D eigenvalue weighted by atomic mass is 10.1. The molecule has 1 saturated heterocycles. The Bertz CT molecular complexity index is 356. The van der Waals surface area contributed by atoms with E-state index in [4.69, 9.17) is 4.74 Å². The van der Waals surface area contributed by atoms with Crippen molar-refractivity contribution in [1.29, 1.82) is 0 Å². The highest BCUT2D eigenvalue weighted by Gasteiger charge is 2.25. The lowest BCUT2D eigenvalue weighted by molar-refractivity contribution is -0.483. The van der Waals surface area contributed by atoms with Crippen molar-refractivity contribution < 1.29 is 9.66 Å². The number of nitrogens with zero attached hydrogens (tertiary/aromatic N) is 3. The Morgan fingerprint density at radius 3 is 3.25 bits per heavy atom. The highest BCUT2D eigenvalue weighted by Crippen LogP contribution is 2.12. The van der Waals surface area contributed by atoms with E-state index in [-0.39, 0.29) is 11.0 Å². The molecular formula is C10H13N3O3. The second-order valence-corrected chi connectivity index (χ2v) is 3.74. The molecule has 0 aromatic rings. The van der Waals surface area contributed by atoms with E-state index in [2.05, 4.69) is 9.98 Å². The van der Waals surface area contributed by atoms with E-state index < -0.39 is 6.04 Å². The summed E-state index contributed by atoms with van der Waals surface area (Å²) in [5, 5.41) is 10.7. The molecule has 6 nitrogen and oxygen atoms in total. The number of aliphatic imine (C=N–C) groups is 2. The van der Waals surface area contributed by atoms with Gasteiger partial charge >= 0.3 is 0 Å². The van der Waals surface area contributed by atoms with Gasteiger partial charge in [-0.25, -0.2) is 0 Å². The molecule has 2 aliphatic rings. The molecule has 2 rings (SSSR count). The number of rotatable bonds is 3. The van der Waals surface area contributed by atoms with Gasteiger partial charge in [0, 0.05) is 17.7 Å². The second kappa shape index (κ2) is 4.98. The van der Waals surface area contributed by atoms with Crippen molar-refractivity contribution in [2.45, 2.75) is 25.0 Å². The lowest BCUT2D eigenvalue weighted by Crippen LogP contribution is -2.32. The predicted octanol–water partition coefficient (Wildman–Crippen LogP) is 0.850. The Hall–Kier alpha value is -1.56. The maximum atomic E-state index is 10.7. The SMILES string of the molecule is O=[N+]([O-])C1C=NC=CC1=NCC1CCCO1. The van der Waals surface area contributed by atoms with Crippen LogP contribution in [0.3, 0.4) is 0 Å². The summed E-state index contributed by atoms with van der Waals surface area (Å²) in [7, 11) is 0. The van der Waals surface area contributed by atoms with Gasteiger partial charge in [0.15, 0.2) is 0 Å².